The molecule has 172 valence electrons. The van der Waals surface area contributed by atoms with Crippen molar-refractivity contribution in [3.63, 3.8) is 0 Å². The topological polar surface area (TPSA) is 81.8 Å². The molecule has 1 saturated heterocycles. The first-order valence-electron chi connectivity index (χ1n) is 11.3. The number of likely N-dealkylation sites (N-methyl/N-ethyl adjacent to an activating group) is 2. The highest BCUT2D eigenvalue weighted by molar-refractivity contribution is 5.93. The Hall–Kier alpha value is -1.89. The van der Waals surface area contributed by atoms with Crippen LogP contribution < -0.4 is 10.6 Å². The van der Waals surface area contributed by atoms with Crippen LogP contribution in [-0.4, -0.2) is 73.3 Å². The largest absolute Gasteiger partial charge is 0.347 e. The minimum Gasteiger partial charge on any atom is -0.347 e. The first kappa shape index (κ1) is 26.1. The molecule has 0 aromatic rings. The number of carbonyl (C=O) groups excluding carboxylic acids is 3. The Morgan fingerprint density at radius 2 is 1.83 bits per heavy atom. The summed E-state index contributed by atoms with van der Waals surface area (Å²) >= 11 is 0. The van der Waals surface area contributed by atoms with Crippen LogP contribution in [0.5, 0.6) is 0 Å². The molecule has 30 heavy (non-hydrogen) atoms. The summed E-state index contributed by atoms with van der Waals surface area (Å²) in [6.07, 6.45) is 7.81. The lowest BCUT2D eigenvalue weighted by atomic mass is 10.0. The zero-order chi connectivity index (χ0) is 22.8. The van der Waals surface area contributed by atoms with Crippen LogP contribution in [0.3, 0.4) is 0 Å². The van der Waals surface area contributed by atoms with Gasteiger partial charge in [-0.3, -0.25) is 14.4 Å². The second-order valence-electron chi connectivity index (χ2n) is 8.97. The molecular formula is C23H42N4O3. The summed E-state index contributed by atoms with van der Waals surface area (Å²) in [5.41, 5.74) is 0. The zero-order valence-corrected chi connectivity index (χ0v) is 19.9. The summed E-state index contributed by atoms with van der Waals surface area (Å²) in [5, 5.41) is 6.16. The van der Waals surface area contributed by atoms with Crippen LogP contribution in [0.15, 0.2) is 12.2 Å². The van der Waals surface area contributed by atoms with E-state index in [-0.39, 0.29) is 29.7 Å². The predicted octanol–water partition coefficient (Wildman–Crippen LogP) is 2.18. The van der Waals surface area contributed by atoms with E-state index in [0.717, 1.165) is 19.3 Å². The van der Waals surface area contributed by atoms with Gasteiger partial charge in [-0.05, 0) is 38.6 Å². The number of amides is 3. The van der Waals surface area contributed by atoms with E-state index in [2.05, 4.69) is 30.6 Å². The third-order valence-corrected chi connectivity index (χ3v) is 5.59. The van der Waals surface area contributed by atoms with Crippen molar-refractivity contribution in [2.75, 3.05) is 27.7 Å². The van der Waals surface area contributed by atoms with Gasteiger partial charge in [-0.1, -0.05) is 46.3 Å². The van der Waals surface area contributed by atoms with Crippen molar-refractivity contribution >= 4 is 17.7 Å². The van der Waals surface area contributed by atoms with Gasteiger partial charge in [0.25, 0.3) is 0 Å². The predicted molar refractivity (Wildman–Crippen MR) is 121 cm³/mol. The van der Waals surface area contributed by atoms with Gasteiger partial charge in [0.05, 0.1) is 5.92 Å². The average molecular weight is 423 g/mol. The van der Waals surface area contributed by atoms with Crippen LogP contribution in [0.4, 0.5) is 0 Å². The minimum atomic E-state index is -0.542. The van der Waals surface area contributed by atoms with Gasteiger partial charge in [-0.15, -0.1) is 0 Å². The Morgan fingerprint density at radius 1 is 1.17 bits per heavy atom. The fourth-order valence-electron chi connectivity index (χ4n) is 3.87. The molecule has 3 amide bonds. The third-order valence-electron chi connectivity index (χ3n) is 5.59. The Bertz CT molecular complexity index is 603. The van der Waals surface area contributed by atoms with Crippen molar-refractivity contribution in [3.05, 3.63) is 12.2 Å². The highest BCUT2D eigenvalue weighted by atomic mass is 16.2. The number of rotatable bonds is 11. The van der Waals surface area contributed by atoms with E-state index in [0.29, 0.717) is 25.3 Å². The number of nitrogens with zero attached hydrogens (tertiary/aromatic N) is 2. The second-order valence-corrected chi connectivity index (χ2v) is 8.97. The van der Waals surface area contributed by atoms with Crippen LogP contribution in [0.1, 0.15) is 59.8 Å². The number of nitrogens with one attached hydrogen (secondary N) is 2. The molecule has 0 radical (unpaired) electrons. The maximum absolute atomic E-state index is 13.0. The first-order valence-corrected chi connectivity index (χ1v) is 11.3. The maximum atomic E-state index is 13.0. The molecule has 4 atom stereocenters. The Morgan fingerprint density at radius 3 is 2.37 bits per heavy atom. The number of hydrogen-bond acceptors (Lipinski definition) is 4. The normalized spacial score (nSPS) is 19.7. The number of likely N-dealkylation sites (tertiary alicyclic amines) is 1. The molecule has 1 fully saturated rings. The third kappa shape index (κ3) is 7.74. The Balaban J connectivity index is 2.80. The molecule has 1 unspecified atom stereocenters. The zero-order valence-electron chi connectivity index (χ0n) is 19.9. The van der Waals surface area contributed by atoms with Gasteiger partial charge >= 0.3 is 0 Å². The van der Waals surface area contributed by atoms with Gasteiger partial charge < -0.3 is 20.4 Å². The molecule has 1 heterocycles. The quantitative estimate of drug-likeness (QED) is 0.500. The molecule has 7 heteroatoms. The van der Waals surface area contributed by atoms with Crippen molar-refractivity contribution in [2.45, 2.75) is 77.9 Å². The molecule has 7 nitrogen and oxygen atoms in total. The van der Waals surface area contributed by atoms with Crippen LogP contribution >= 0.6 is 0 Å². The number of carbonyl (C=O) groups is 3. The van der Waals surface area contributed by atoms with Gasteiger partial charge in [0.2, 0.25) is 17.7 Å². The molecule has 0 spiro atoms. The molecule has 0 bridgehead atoms. The molecule has 0 saturated carbocycles. The number of hydrogen-bond donors (Lipinski definition) is 2. The van der Waals surface area contributed by atoms with Crippen molar-refractivity contribution < 1.29 is 14.4 Å². The molecule has 0 aliphatic carbocycles. The fourth-order valence-corrected chi connectivity index (χ4v) is 3.87. The summed E-state index contributed by atoms with van der Waals surface area (Å²) in [7, 11) is 5.30. The van der Waals surface area contributed by atoms with E-state index in [1.54, 1.807) is 19.0 Å². The molecule has 1 rings (SSSR count). The molecule has 0 aromatic heterocycles. The van der Waals surface area contributed by atoms with E-state index in [4.69, 9.17) is 0 Å². The maximum Gasteiger partial charge on any atom is 0.244 e. The van der Waals surface area contributed by atoms with Gasteiger partial charge in [0.15, 0.2) is 0 Å². The van der Waals surface area contributed by atoms with E-state index in [1.165, 1.54) is 4.90 Å². The standard InChI is InChI=1S/C23H42N4O3/c1-8-10-19(23(30)26(6)7)25-21(28)20-11-9-14-27(20)22(29)17(4)12-13-18(24-5)15-16(2)3/h12-13,16-20,24H,8-11,14-15H2,1-7H3,(H,25,28)/b13-12+/t17-,18+,19-,20?/m0/s1. The molecule has 1 aliphatic heterocycles. The smallest absolute Gasteiger partial charge is 0.244 e. The van der Waals surface area contributed by atoms with E-state index < -0.39 is 12.1 Å². The van der Waals surface area contributed by atoms with Crippen molar-refractivity contribution in [1.82, 2.24) is 20.4 Å². The second kappa shape index (κ2) is 12.7. The Labute approximate surface area is 182 Å². The lowest BCUT2D eigenvalue weighted by molar-refractivity contribution is -0.141. The van der Waals surface area contributed by atoms with Crippen LogP contribution in [0, 0.1) is 11.8 Å². The summed E-state index contributed by atoms with van der Waals surface area (Å²) in [6, 6.07) is -0.817. The highest BCUT2D eigenvalue weighted by Crippen LogP contribution is 2.21. The van der Waals surface area contributed by atoms with E-state index in [9.17, 15) is 14.4 Å². The van der Waals surface area contributed by atoms with Crippen LogP contribution in [0.25, 0.3) is 0 Å². The fraction of sp³-hybridized carbons (Fsp3) is 0.783. The van der Waals surface area contributed by atoms with Gasteiger partial charge in [0, 0.05) is 26.7 Å². The van der Waals surface area contributed by atoms with Gasteiger partial charge in [-0.2, -0.15) is 0 Å². The van der Waals surface area contributed by atoms with E-state index in [1.807, 2.05) is 27.0 Å². The van der Waals surface area contributed by atoms with Gasteiger partial charge in [0.1, 0.15) is 12.1 Å². The van der Waals surface area contributed by atoms with Crippen molar-refractivity contribution in [1.29, 1.82) is 0 Å². The summed E-state index contributed by atoms with van der Waals surface area (Å²) in [6.45, 7) is 8.79. The van der Waals surface area contributed by atoms with Crippen LogP contribution in [-0.2, 0) is 14.4 Å². The SMILES string of the molecule is CCC[C@H](NC(=O)C1CCCN1C(=O)[C@@H](C)/C=C/[C@H](CC(C)C)NC)C(=O)N(C)C. The molecular weight excluding hydrogens is 380 g/mol. The van der Waals surface area contributed by atoms with Crippen LogP contribution in [0.2, 0.25) is 0 Å². The van der Waals surface area contributed by atoms with Gasteiger partial charge in [-0.25, -0.2) is 0 Å². The minimum absolute atomic E-state index is 0.0331. The van der Waals surface area contributed by atoms with E-state index >= 15 is 0 Å². The summed E-state index contributed by atoms with van der Waals surface area (Å²) in [4.78, 5) is 41.5. The summed E-state index contributed by atoms with van der Waals surface area (Å²) in [5.74, 6) is -0.101. The monoisotopic (exact) mass is 422 g/mol. The Kier molecular flexibility index (Phi) is 11.1. The average Bonchev–Trinajstić information content (AvgIpc) is 3.18. The molecule has 0 aromatic carbocycles. The van der Waals surface area contributed by atoms with Crippen molar-refractivity contribution in [3.8, 4) is 0 Å². The molecule has 2 N–H and O–H groups in total. The first-order chi connectivity index (χ1) is 14.1. The summed E-state index contributed by atoms with van der Waals surface area (Å²) < 4.78 is 0. The molecule has 1 aliphatic rings. The highest BCUT2D eigenvalue weighted by Gasteiger charge is 2.37. The lowest BCUT2D eigenvalue weighted by Crippen LogP contribution is -2.53. The lowest BCUT2D eigenvalue weighted by Gasteiger charge is -2.28. The van der Waals surface area contributed by atoms with Crippen molar-refractivity contribution in [2.24, 2.45) is 11.8 Å².